The molecule has 0 saturated carbocycles. The molecule has 9 nitrogen and oxygen atoms in total. The Balaban J connectivity index is 1.27. The van der Waals surface area contributed by atoms with Crippen molar-refractivity contribution in [3.8, 4) is 23.0 Å². The molecule has 5 N–H and O–H groups in total. The molecule has 10 heteroatoms. The summed E-state index contributed by atoms with van der Waals surface area (Å²) in [5.74, 6) is 0.782. The number of halogens is 1. The molecule has 0 amide bonds. The Morgan fingerprint density at radius 2 is 1.71 bits per heavy atom. The van der Waals surface area contributed by atoms with Crippen LogP contribution in [0.2, 0.25) is 0 Å². The molecule has 0 bridgehead atoms. The molecule has 1 saturated heterocycles. The highest BCUT2D eigenvalue weighted by Crippen LogP contribution is 2.41. The van der Waals surface area contributed by atoms with Crippen molar-refractivity contribution in [2.24, 2.45) is 22.4 Å². The summed E-state index contributed by atoms with van der Waals surface area (Å²) in [4.78, 5) is 6.98. The number of amidine groups is 1. The average molecular weight is 486 g/mol. The minimum absolute atomic E-state index is 0.0852. The maximum absolute atomic E-state index is 14.6. The van der Waals surface area contributed by atoms with Gasteiger partial charge in [0, 0.05) is 24.1 Å². The summed E-state index contributed by atoms with van der Waals surface area (Å²) in [6.45, 7) is 6.93. The maximum Gasteiger partial charge on any atom is 0.231 e. The van der Waals surface area contributed by atoms with Gasteiger partial charge in [-0.3, -0.25) is 10.6 Å². The van der Waals surface area contributed by atoms with E-state index >= 15 is 0 Å². The molecule has 188 valence electrons. The van der Waals surface area contributed by atoms with Crippen LogP contribution in [0.25, 0.3) is 0 Å². The lowest BCUT2D eigenvalue weighted by Gasteiger charge is -2.43. The van der Waals surface area contributed by atoms with Crippen LogP contribution in [0.5, 0.6) is 23.0 Å². The molecule has 2 aromatic carbocycles. The van der Waals surface area contributed by atoms with Crippen LogP contribution >= 0.6 is 0 Å². The van der Waals surface area contributed by atoms with Gasteiger partial charge in [0.2, 0.25) is 12.6 Å². The number of piperidine rings is 1. The lowest BCUT2D eigenvalue weighted by atomic mass is 9.88. The molecule has 0 spiro atoms. The molecule has 0 radical (unpaired) electrons. The molecule has 2 aromatic rings. The van der Waals surface area contributed by atoms with Crippen molar-refractivity contribution in [2.45, 2.75) is 39.0 Å². The third kappa shape index (κ3) is 4.55. The van der Waals surface area contributed by atoms with Crippen LogP contribution in [0.15, 0.2) is 29.3 Å². The summed E-state index contributed by atoms with van der Waals surface area (Å²) in [5, 5.41) is 3.40. The van der Waals surface area contributed by atoms with Gasteiger partial charge in [-0.2, -0.15) is 4.39 Å². The van der Waals surface area contributed by atoms with Crippen molar-refractivity contribution >= 4 is 11.5 Å². The second-order valence-corrected chi connectivity index (χ2v) is 9.02. The topological polar surface area (TPSA) is 117 Å². The summed E-state index contributed by atoms with van der Waals surface area (Å²) in [5.41, 5.74) is 15.6. The van der Waals surface area contributed by atoms with E-state index in [4.69, 9.17) is 30.4 Å². The van der Waals surface area contributed by atoms with E-state index in [1.807, 2.05) is 26.0 Å². The van der Waals surface area contributed by atoms with E-state index in [9.17, 15) is 4.39 Å². The first kappa shape index (κ1) is 23.5. The predicted octanol–water partition coefficient (Wildman–Crippen LogP) is 3.01. The third-order valence-electron chi connectivity index (χ3n) is 6.71. The highest BCUT2D eigenvalue weighted by molar-refractivity contribution is 6.05. The zero-order valence-electron chi connectivity index (χ0n) is 20.1. The van der Waals surface area contributed by atoms with Gasteiger partial charge >= 0.3 is 0 Å². The Morgan fingerprint density at radius 3 is 2.34 bits per heavy atom. The Bertz CT molecular complexity index is 1110. The molecule has 3 heterocycles. The van der Waals surface area contributed by atoms with Gasteiger partial charge in [-0.05, 0) is 63.5 Å². The fourth-order valence-electron chi connectivity index (χ4n) is 4.98. The van der Waals surface area contributed by atoms with Gasteiger partial charge in [-0.1, -0.05) is 0 Å². The number of aliphatic imine (C=N–C) groups is 1. The van der Waals surface area contributed by atoms with Gasteiger partial charge in [0.05, 0.1) is 18.9 Å². The molecule has 1 unspecified atom stereocenters. The van der Waals surface area contributed by atoms with Crippen LogP contribution < -0.4 is 35.7 Å². The Kier molecular flexibility index (Phi) is 6.33. The van der Waals surface area contributed by atoms with E-state index in [-0.39, 0.29) is 24.2 Å². The molecular weight excluding hydrogens is 453 g/mol. The van der Waals surface area contributed by atoms with Crippen LogP contribution in [0.3, 0.4) is 0 Å². The van der Waals surface area contributed by atoms with Gasteiger partial charge < -0.3 is 30.0 Å². The van der Waals surface area contributed by atoms with Crippen molar-refractivity contribution < 1.29 is 23.3 Å². The van der Waals surface area contributed by atoms with Gasteiger partial charge in [0.25, 0.3) is 0 Å². The molecular formula is C25H32FN5O4. The van der Waals surface area contributed by atoms with E-state index in [1.165, 1.54) is 0 Å². The number of rotatable bonds is 7. The number of nitrogens with two attached hydrogens (primary N) is 2. The maximum atomic E-state index is 14.6. The van der Waals surface area contributed by atoms with Crippen LogP contribution in [-0.2, 0) is 6.54 Å². The SMILES string of the molecule is CCOc1cc(CN2CCC(C3(N)N=C(N)c4cc5c(cc4N3)OCO5)CC2)cc(OCC)c1F. The second kappa shape index (κ2) is 9.43. The highest BCUT2D eigenvalue weighted by Gasteiger charge is 2.40. The minimum atomic E-state index is -1.00. The summed E-state index contributed by atoms with van der Waals surface area (Å²) in [6, 6.07) is 7.22. The Morgan fingerprint density at radius 1 is 1.09 bits per heavy atom. The number of hydrogen-bond acceptors (Lipinski definition) is 9. The average Bonchev–Trinajstić information content (AvgIpc) is 3.29. The van der Waals surface area contributed by atoms with Crippen molar-refractivity contribution in [3.05, 3.63) is 41.2 Å². The number of nitrogens with zero attached hydrogens (tertiary/aromatic N) is 2. The highest BCUT2D eigenvalue weighted by atomic mass is 19.1. The first-order valence-electron chi connectivity index (χ1n) is 12.1. The molecule has 0 aliphatic carbocycles. The molecule has 3 aliphatic heterocycles. The molecule has 1 atom stereocenters. The number of fused-ring (bicyclic) bond motifs is 2. The smallest absolute Gasteiger partial charge is 0.231 e. The zero-order valence-corrected chi connectivity index (χ0v) is 20.1. The fourth-order valence-corrected chi connectivity index (χ4v) is 4.98. The zero-order chi connectivity index (χ0) is 24.6. The second-order valence-electron chi connectivity index (χ2n) is 9.02. The quantitative estimate of drug-likeness (QED) is 0.548. The molecule has 1 fully saturated rings. The summed E-state index contributed by atoms with van der Waals surface area (Å²) >= 11 is 0. The first-order chi connectivity index (χ1) is 16.9. The number of anilines is 1. The Labute approximate surface area is 204 Å². The standard InChI is InChI=1S/C25H32FN5O4/c1-3-32-21-9-15(10-22(23(21)26)33-4-2)13-31-7-5-16(6-8-31)25(28)29-18-12-20-19(34-14-35-20)11-17(18)24(27)30-25/h9-12,16,29H,3-8,13-14,28H2,1-2H3,(H2,27,30). The monoisotopic (exact) mass is 485 g/mol. The van der Waals surface area contributed by atoms with Gasteiger partial charge in [-0.25, -0.2) is 4.99 Å². The van der Waals surface area contributed by atoms with Crippen molar-refractivity contribution in [2.75, 3.05) is 38.4 Å². The predicted molar refractivity (Wildman–Crippen MR) is 131 cm³/mol. The molecule has 3 aliphatic rings. The number of ether oxygens (including phenoxy) is 4. The lowest BCUT2D eigenvalue weighted by molar-refractivity contribution is 0.137. The van der Waals surface area contributed by atoms with Crippen molar-refractivity contribution in [1.29, 1.82) is 0 Å². The summed E-state index contributed by atoms with van der Waals surface area (Å²) < 4.78 is 36.5. The number of likely N-dealkylation sites (tertiary alicyclic amines) is 1. The summed E-state index contributed by atoms with van der Waals surface area (Å²) in [7, 11) is 0. The largest absolute Gasteiger partial charge is 0.491 e. The van der Waals surface area contributed by atoms with Crippen LogP contribution in [0.1, 0.15) is 37.8 Å². The van der Waals surface area contributed by atoms with E-state index in [1.54, 1.807) is 12.1 Å². The number of hydrogen-bond donors (Lipinski definition) is 3. The molecule has 0 aromatic heterocycles. The van der Waals surface area contributed by atoms with E-state index in [2.05, 4.69) is 15.2 Å². The number of benzene rings is 2. The van der Waals surface area contributed by atoms with Gasteiger partial charge in [0.1, 0.15) is 5.84 Å². The normalized spacial score (nSPS) is 21.8. The van der Waals surface area contributed by atoms with E-state index in [0.29, 0.717) is 37.1 Å². The third-order valence-corrected chi connectivity index (χ3v) is 6.71. The summed E-state index contributed by atoms with van der Waals surface area (Å²) in [6.07, 6.45) is 1.66. The van der Waals surface area contributed by atoms with E-state index in [0.717, 1.165) is 42.7 Å². The minimum Gasteiger partial charge on any atom is -0.491 e. The molecule has 5 rings (SSSR count). The van der Waals surface area contributed by atoms with Gasteiger partial charge in [0.15, 0.2) is 28.8 Å². The van der Waals surface area contributed by atoms with Crippen LogP contribution in [0, 0.1) is 11.7 Å². The Hall–Kier alpha value is -3.24. The van der Waals surface area contributed by atoms with E-state index < -0.39 is 11.6 Å². The lowest BCUT2D eigenvalue weighted by Crippen LogP contribution is -2.58. The van der Waals surface area contributed by atoms with Gasteiger partial charge in [-0.15, -0.1) is 0 Å². The number of nitrogens with one attached hydrogen (secondary N) is 1. The fraction of sp³-hybridized carbons (Fsp3) is 0.480. The van der Waals surface area contributed by atoms with Crippen LogP contribution in [-0.4, -0.2) is 49.6 Å². The first-order valence-corrected chi connectivity index (χ1v) is 12.1. The van der Waals surface area contributed by atoms with Crippen molar-refractivity contribution in [1.82, 2.24) is 4.90 Å². The molecule has 35 heavy (non-hydrogen) atoms. The van der Waals surface area contributed by atoms with Crippen molar-refractivity contribution in [3.63, 3.8) is 0 Å². The van der Waals surface area contributed by atoms with Crippen LogP contribution in [0.4, 0.5) is 10.1 Å².